The van der Waals surface area contributed by atoms with E-state index < -0.39 is 33.2 Å². The van der Waals surface area contributed by atoms with Gasteiger partial charge in [-0.1, -0.05) is 31.0 Å². The maximum atomic E-state index is 13.5. The first-order chi connectivity index (χ1) is 20.5. The molecule has 1 saturated heterocycles. The minimum absolute atomic E-state index is 0.0965. The van der Waals surface area contributed by atoms with Gasteiger partial charge in [0, 0.05) is 30.6 Å². The van der Waals surface area contributed by atoms with Gasteiger partial charge >= 0.3 is 6.18 Å². The van der Waals surface area contributed by atoms with Crippen molar-refractivity contribution in [2.24, 2.45) is 5.92 Å². The molecule has 3 aliphatic rings. The standard InChI is InChI=1S/C30H30F3N5O3S2/c31-30(32,33)24-7-3-6-23(35-24)28-36-25(21-4-1-2-5-22(21)27(39)37-29(18-34)12-13-29)26(42-28)19-8-10-20(11-9-19)38-14-16-43(40,41)17-15-38/h3,6-11,21-22H,1-2,4-5,12-17H2,(H,37,39)/t21-,22-/m1/s1. The van der Waals surface area contributed by atoms with Crippen LogP contribution in [0.1, 0.15) is 55.8 Å². The van der Waals surface area contributed by atoms with Crippen LogP contribution in [-0.2, 0) is 20.8 Å². The third-order valence-electron chi connectivity index (χ3n) is 8.53. The van der Waals surface area contributed by atoms with Crippen molar-refractivity contribution < 1.29 is 26.4 Å². The average molecular weight is 630 g/mol. The van der Waals surface area contributed by atoms with E-state index >= 15 is 0 Å². The summed E-state index contributed by atoms with van der Waals surface area (Å²) < 4.78 is 64.2. The number of nitriles is 1. The molecule has 3 fully saturated rings. The summed E-state index contributed by atoms with van der Waals surface area (Å²) in [6.07, 6.45) is -0.315. The predicted molar refractivity (Wildman–Crippen MR) is 157 cm³/mol. The fraction of sp³-hybridized carbons (Fsp3) is 0.467. The van der Waals surface area contributed by atoms with Crippen molar-refractivity contribution >= 4 is 32.8 Å². The number of carbonyl (C=O) groups excluding carboxylic acids is 1. The topological polar surface area (TPSA) is 116 Å². The van der Waals surface area contributed by atoms with Crippen LogP contribution < -0.4 is 10.2 Å². The summed E-state index contributed by atoms with van der Waals surface area (Å²) in [6.45, 7) is 0.809. The molecule has 3 aromatic rings. The normalized spacial score (nSPS) is 22.9. The summed E-state index contributed by atoms with van der Waals surface area (Å²) in [4.78, 5) is 25.0. The van der Waals surface area contributed by atoms with Gasteiger partial charge in [0.15, 0.2) is 9.84 Å². The molecule has 2 atom stereocenters. The molecule has 1 aliphatic heterocycles. The second-order valence-corrected chi connectivity index (χ2v) is 14.8. The number of anilines is 1. The minimum atomic E-state index is -4.60. The van der Waals surface area contributed by atoms with Crippen molar-refractivity contribution in [1.29, 1.82) is 5.26 Å². The van der Waals surface area contributed by atoms with Crippen molar-refractivity contribution in [2.75, 3.05) is 29.5 Å². The zero-order valence-corrected chi connectivity index (χ0v) is 24.9. The summed E-state index contributed by atoms with van der Waals surface area (Å²) >= 11 is 1.25. The molecule has 43 heavy (non-hydrogen) atoms. The van der Waals surface area contributed by atoms with Crippen LogP contribution in [0.5, 0.6) is 0 Å². The Morgan fingerprint density at radius 2 is 1.74 bits per heavy atom. The van der Waals surface area contributed by atoms with Crippen LogP contribution in [0.3, 0.4) is 0 Å². The van der Waals surface area contributed by atoms with E-state index in [9.17, 15) is 31.6 Å². The van der Waals surface area contributed by atoms with Crippen LogP contribution in [0.4, 0.5) is 18.9 Å². The van der Waals surface area contributed by atoms with Gasteiger partial charge in [-0.05, 0) is 55.5 Å². The van der Waals surface area contributed by atoms with Crippen LogP contribution in [0, 0.1) is 17.2 Å². The van der Waals surface area contributed by atoms with Gasteiger partial charge in [0.1, 0.15) is 16.2 Å². The average Bonchev–Trinajstić information content (AvgIpc) is 3.63. The number of nitrogens with one attached hydrogen (secondary N) is 1. The van der Waals surface area contributed by atoms with E-state index in [2.05, 4.69) is 16.4 Å². The highest BCUT2D eigenvalue weighted by Gasteiger charge is 2.47. The highest BCUT2D eigenvalue weighted by Crippen LogP contribution is 2.47. The Morgan fingerprint density at radius 1 is 1.05 bits per heavy atom. The number of sulfone groups is 1. The first-order valence-corrected chi connectivity index (χ1v) is 17.0. The monoisotopic (exact) mass is 629 g/mol. The molecule has 0 unspecified atom stereocenters. The van der Waals surface area contributed by atoms with E-state index in [-0.39, 0.29) is 29.0 Å². The number of carbonyl (C=O) groups is 1. The molecule has 1 aromatic carbocycles. The molecule has 0 radical (unpaired) electrons. The SMILES string of the molecule is N#CC1(NC(=O)[C@@H]2CCCC[C@H]2c2nc(-c3cccc(C(F)(F)F)n3)sc2-c2ccc(N3CCS(=O)(=O)CC3)cc2)CC1. The van der Waals surface area contributed by atoms with Gasteiger partial charge in [0.25, 0.3) is 0 Å². The number of nitrogens with zero attached hydrogens (tertiary/aromatic N) is 4. The molecule has 2 aliphatic carbocycles. The lowest BCUT2D eigenvalue weighted by Gasteiger charge is -2.31. The number of amides is 1. The molecule has 13 heteroatoms. The Hall–Kier alpha value is -3.50. The van der Waals surface area contributed by atoms with Gasteiger partial charge in [-0.15, -0.1) is 11.3 Å². The Morgan fingerprint density at radius 3 is 2.40 bits per heavy atom. The van der Waals surface area contributed by atoms with Crippen LogP contribution in [-0.4, -0.2) is 54.4 Å². The largest absolute Gasteiger partial charge is 0.433 e. The third-order valence-corrected chi connectivity index (χ3v) is 11.3. The molecule has 2 saturated carbocycles. The summed E-state index contributed by atoms with van der Waals surface area (Å²) in [5, 5.41) is 12.8. The molecule has 6 rings (SSSR count). The highest BCUT2D eigenvalue weighted by atomic mass is 32.2. The van der Waals surface area contributed by atoms with Crippen LogP contribution in [0.15, 0.2) is 42.5 Å². The number of benzene rings is 1. The third kappa shape index (κ3) is 6.26. The molecule has 3 heterocycles. The van der Waals surface area contributed by atoms with Crippen molar-refractivity contribution in [2.45, 2.75) is 56.2 Å². The highest BCUT2D eigenvalue weighted by molar-refractivity contribution is 7.91. The Bertz CT molecular complexity index is 1660. The molecule has 0 spiro atoms. The van der Waals surface area contributed by atoms with Gasteiger partial charge in [0.2, 0.25) is 5.91 Å². The lowest BCUT2D eigenvalue weighted by molar-refractivity contribution is -0.141. The summed E-state index contributed by atoms with van der Waals surface area (Å²) in [6, 6.07) is 13.6. The van der Waals surface area contributed by atoms with Crippen LogP contribution in [0.2, 0.25) is 0 Å². The lowest BCUT2D eigenvalue weighted by Crippen LogP contribution is -2.42. The van der Waals surface area contributed by atoms with Gasteiger partial charge in [-0.2, -0.15) is 18.4 Å². The zero-order chi connectivity index (χ0) is 30.4. The molecular weight excluding hydrogens is 599 g/mol. The van der Waals surface area contributed by atoms with Crippen molar-refractivity contribution in [3.8, 4) is 27.2 Å². The number of alkyl halides is 3. The first-order valence-electron chi connectivity index (χ1n) is 14.3. The van der Waals surface area contributed by atoms with E-state index in [4.69, 9.17) is 4.98 Å². The fourth-order valence-electron chi connectivity index (χ4n) is 5.90. The molecule has 8 nitrogen and oxygen atoms in total. The number of thiazole rings is 1. The summed E-state index contributed by atoms with van der Waals surface area (Å²) in [7, 11) is -3.03. The second kappa shape index (κ2) is 11.2. The number of rotatable bonds is 6. The van der Waals surface area contributed by atoms with Gasteiger partial charge in [-0.25, -0.2) is 18.4 Å². The predicted octanol–water partition coefficient (Wildman–Crippen LogP) is 5.57. The summed E-state index contributed by atoms with van der Waals surface area (Å²) in [5.41, 5.74) is 0.637. The number of aromatic nitrogens is 2. The number of hydrogen-bond acceptors (Lipinski definition) is 8. The zero-order valence-electron chi connectivity index (χ0n) is 23.2. The number of halogens is 3. The molecule has 226 valence electrons. The van der Waals surface area contributed by atoms with E-state index in [0.29, 0.717) is 49.5 Å². The van der Waals surface area contributed by atoms with E-state index in [0.717, 1.165) is 35.0 Å². The van der Waals surface area contributed by atoms with Gasteiger partial charge in [-0.3, -0.25) is 4.79 Å². The Kier molecular flexibility index (Phi) is 7.71. The number of hydrogen-bond donors (Lipinski definition) is 1. The molecule has 1 amide bonds. The Balaban J connectivity index is 1.37. The van der Waals surface area contributed by atoms with Crippen LogP contribution >= 0.6 is 11.3 Å². The van der Waals surface area contributed by atoms with Crippen molar-refractivity contribution in [1.82, 2.24) is 15.3 Å². The van der Waals surface area contributed by atoms with Crippen molar-refractivity contribution in [3.63, 3.8) is 0 Å². The minimum Gasteiger partial charge on any atom is -0.369 e. The van der Waals surface area contributed by atoms with Gasteiger partial charge < -0.3 is 10.2 Å². The smallest absolute Gasteiger partial charge is 0.369 e. The molecule has 1 N–H and O–H groups in total. The van der Waals surface area contributed by atoms with E-state index in [1.54, 1.807) is 0 Å². The summed E-state index contributed by atoms with van der Waals surface area (Å²) in [5.74, 6) is -0.686. The molecular formula is C30H30F3N5O3S2. The first kappa shape index (κ1) is 29.6. The molecule has 0 bridgehead atoms. The van der Waals surface area contributed by atoms with E-state index in [1.807, 2.05) is 29.2 Å². The fourth-order valence-corrected chi connectivity index (χ4v) is 8.21. The Labute approximate surface area is 251 Å². The number of pyridine rings is 1. The quantitative estimate of drug-likeness (QED) is 0.379. The lowest BCUT2D eigenvalue weighted by atomic mass is 9.76. The van der Waals surface area contributed by atoms with Crippen LogP contribution in [0.25, 0.3) is 21.1 Å². The molecule has 2 aromatic heterocycles. The maximum absolute atomic E-state index is 13.5. The van der Waals surface area contributed by atoms with Crippen molar-refractivity contribution in [3.05, 3.63) is 53.9 Å². The van der Waals surface area contributed by atoms with Gasteiger partial charge in [0.05, 0.1) is 33.8 Å². The maximum Gasteiger partial charge on any atom is 0.433 e. The van der Waals surface area contributed by atoms with E-state index in [1.165, 1.54) is 23.5 Å². The second-order valence-electron chi connectivity index (χ2n) is 11.5.